The fourth-order valence-corrected chi connectivity index (χ4v) is 4.04. The van der Waals surface area contributed by atoms with Crippen LogP contribution in [0, 0.1) is 18.8 Å². The molecule has 3 rings (SSSR count). The third kappa shape index (κ3) is 4.75. The summed E-state index contributed by atoms with van der Waals surface area (Å²) in [6.45, 7) is 7.43. The van der Waals surface area contributed by atoms with Gasteiger partial charge in [-0.1, -0.05) is 36.8 Å². The first-order valence-corrected chi connectivity index (χ1v) is 9.85. The molecular formula is C22H30N2O2. The van der Waals surface area contributed by atoms with Gasteiger partial charge in [0.15, 0.2) is 0 Å². The lowest BCUT2D eigenvalue weighted by atomic mass is 9.92. The summed E-state index contributed by atoms with van der Waals surface area (Å²) >= 11 is 0. The van der Waals surface area contributed by atoms with E-state index >= 15 is 0 Å². The van der Waals surface area contributed by atoms with Gasteiger partial charge in [-0.25, -0.2) is 0 Å². The first kappa shape index (κ1) is 18.7. The normalized spacial score (nSPS) is 22.0. The van der Waals surface area contributed by atoms with E-state index in [1.54, 1.807) is 6.08 Å². The molecule has 2 heterocycles. The fourth-order valence-electron chi connectivity index (χ4n) is 4.04. The molecule has 2 amide bonds. The summed E-state index contributed by atoms with van der Waals surface area (Å²) in [7, 11) is 0. The van der Waals surface area contributed by atoms with E-state index in [1.807, 2.05) is 41.0 Å². The first-order valence-electron chi connectivity index (χ1n) is 9.85. The van der Waals surface area contributed by atoms with Crippen molar-refractivity contribution in [2.75, 3.05) is 26.2 Å². The van der Waals surface area contributed by atoms with E-state index in [0.717, 1.165) is 37.9 Å². The smallest absolute Gasteiger partial charge is 0.246 e. The van der Waals surface area contributed by atoms with E-state index in [1.165, 1.54) is 12.0 Å². The molecule has 0 aliphatic carbocycles. The Morgan fingerprint density at radius 3 is 2.54 bits per heavy atom. The van der Waals surface area contributed by atoms with Gasteiger partial charge < -0.3 is 9.80 Å². The largest absolute Gasteiger partial charge is 0.342 e. The van der Waals surface area contributed by atoms with Gasteiger partial charge in [0.2, 0.25) is 11.8 Å². The molecule has 0 bridgehead atoms. The van der Waals surface area contributed by atoms with Crippen LogP contribution < -0.4 is 0 Å². The van der Waals surface area contributed by atoms with E-state index < -0.39 is 0 Å². The highest BCUT2D eigenvalue weighted by Gasteiger charge is 2.31. The van der Waals surface area contributed by atoms with E-state index in [9.17, 15) is 9.59 Å². The van der Waals surface area contributed by atoms with Crippen LogP contribution in [0.2, 0.25) is 0 Å². The lowest BCUT2D eigenvalue weighted by molar-refractivity contribution is -0.140. The second kappa shape index (κ2) is 8.52. The Labute approximate surface area is 156 Å². The maximum atomic E-state index is 12.7. The zero-order chi connectivity index (χ0) is 18.5. The van der Waals surface area contributed by atoms with E-state index in [0.29, 0.717) is 24.9 Å². The van der Waals surface area contributed by atoms with Crippen molar-refractivity contribution in [2.24, 2.45) is 11.8 Å². The van der Waals surface area contributed by atoms with Crippen LogP contribution in [0.4, 0.5) is 0 Å². The van der Waals surface area contributed by atoms with Gasteiger partial charge >= 0.3 is 0 Å². The molecule has 0 radical (unpaired) electrons. The molecule has 0 N–H and O–H groups in total. The molecule has 2 aliphatic rings. The van der Waals surface area contributed by atoms with E-state index in [2.05, 4.69) is 13.0 Å². The average molecular weight is 354 g/mol. The lowest BCUT2D eigenvalue weighted by Gasteiger charge is -2.37. The molecule has 4 heteroatoms. The van der Waals surface area contributed by atoms with Crippen molar-refractivity contribution in [2.45, 2.75) is 39.5 Å². The van der Waals surface area contributed by atoms with E-state index in [-0.39, 0.29) is 11.8 Å². The van der Waals surface area contributed by atoms with Crippen molar-refractivity contribution in [3.8, 4) is 0 Å². The Morgan fingerprint density at radius 1 is 1.08 bits per heavy atom. The molecule has 2 fully saturated rings. The number of carbonyl (C=O) groups excluding carboxylic acids is 2. The standard InChI is InChI=1S/C22H30N2O2/c1-17-5-3-7-19(15-17)8-9-21(25)23-13-10-20(11-14-23)22(26)24-12-4-6-18(2)16-24/h3,5,7-9,15,18,20H,4,6,10-14,16H2,1-2H3/b9-8+/t18-/m1/s1. The molecule has 2 saturated heterocycles. The minimum atomic E-state index is 0.0454. The summed E-state index contributed by atoms with van der Waals surface area (Å²) in [5.41, 5.74) is 2.23. The van der Waals surface area contributed by atoms with Gasteiger partial charge in [0, 0.05) is 38.2 Å². The molecular weight excluding hydrogens is 324 g/mol. The van der Waals surface area contributed by atoms with Crippen LogP contribution in [0.25, 0.3) is 6.08 Å². The number of nitrogens with zero attached hydrogens (tertiary/aromatic N) is 2. The van der Waals surface area contributed by atoms with Crippen LogP contribution in [0.5, 0.6) is 0 Å². The monoisotopic (exact) mass is 354 g/mol. The summed E-state index contributed by atoms with van der Waals surface area (Å²) in [5, 5.41) is 0. The number of hydrogen-bond donors (Lipinski definition) is 0. The number of piperidine rings is 2. The predicted molar refractivity (Wildman–Crippen MR) is 104 cm³/mol. The van der Waals surface area contributed by atoms with Crippen LogP contribution in [-0.4, -0.2) is 47.8 Å². The van der Waals surface area contributed by atoms with Gasteiger partial charge in [0.25, 0.3) is 0 Å². The summed E-state index contributed by atoms with van der Waals surface area (Å²) in [5.74, 6) is 1.05. The summed E-state index contributed by atoms with van der Waals surface area (Å²) in [4.78, 5) is 29.1. The topological polar surface area (TPSA) is 40.6 Å². The lowest BCUT2D eigenvalue weighted by Crippen LogP contribution is -2.46. The Kier molecular flexibility index (Phi) is 6.12. The van der Waals surface area contributed by atoms with Gasteiger partial charge in [-0.3, -0.25) is 9.59 Å². The van der Waals surface area contributed by atoms with Crippen molar-refractivity contribution in [1.82, 2.24) is 9.80 Å². The molecule has 1 atom stereocenters. The number of hydrogen-bond acceptors (Lipinski definition) is 2. The van der Waals surface area contributed by atoms with Crippen LogP contribution in [0.15, 0.2) is 30.3 Å². The number of rotatable bonds is 3. The van der Waals surface area contributed by atoms with Crippen LogP contribution in [0.1, 0.15) is 43.7 Å². The van der Waals surface area contributed by atoms with Gasteiger partial charge in [0.1, 0.15) is 0 Å². The maximum absolute atomic E-state index is 12.7. The van der Waals surface area contributed by atoms with Gasteiger partial charge in [-0.05, 0) is 50.2 Å². The Morgan fingerprint density at radius 2 is 1.85 bits per heavy atom. The molecule has 1 aromatic carbocycles. The molecule has 140 valence electrons. The van der Waals surface area contributed by atoms with Gasteiger partial charge in [-0.2, -0.15) is 0 Å². The number of likely N-dealkylation sites (tertiary alicyclic amines) is 2. The first-order chi connectivity index (χ1) is 12.5. The minimum absolute atomic E-state index is 0.0454. The Hall–Kier alpha value is -2.10. The summed E-state index contributed by atoms with van der Waals surface area (Å²) < 4.78 is 0. The SMILES string of the molecule is Cc1cccc(/C=C/C(=O)N2CCC(C(=O)N3CCC[C@@H](C)C3)CC2)c1. The van der Waals surface area contributed by atoms with Crippen molar-refractivity contribution in [1.29, 1.82) is 0 Å². The highest BCUT2D eigenvalue weighted by atomic mass is 16.2. The molecule has 4 nitrogen and oxygen atoms in total. The molecule has 26 heavy (non-hydrogen) atoms. The predicted octanol–water partition coefficient (Wildman–Crippen LogP) is 3.51. The molecule has 0 aromatic heterocycles. The third-order valence-corrected chi connectivity index (χ3v) is 5.59. The van der Waals surface area contributed by atoms with Gasteiger partial charge in [-0.15, -0.1) is 0 Å². The second-order valence-corrected chi connectivity index (χ2v) is 7.88. The molecule has 2 aliphatic heterocycles. The van der Waals surface area contributed by atoms with Crippen molar-refractivity contribution < 1.29 is 9.59 Å². The van der Waals surface area contributed by atoms with Crippen LogP contribution in [-0.2, 0) is 9.59 Å². The number of aryl methyl sites for hydroxylation is 1. The van der Waals surface area contributed by atoms with Crippen molar-refractivity contribution in [3.63, 3.8) is 0 Å². The van der Waals surface area contributed by atoms with Crippen LogP contribution in [0.3, 0.4) is 0 Å². The average Bonchev–Trinajstić information content (AvgIpc) is 2.66. The Bertz CT molecular complexity index is 674. The zero-order valence-corrected chi connectivity index (χ0v) is 16.0. The molecule has 0 unspecified atom stereocenters. The summed E-state index contributed by atoms with van der Waals surface area (Å²) in [6.07, 6.45) is 7.45. The highest BCUT2D eigenvalue weighted by molar-refractivity contribution is 5.92. The molecule has 0 spiro atoms. The number of carbonyl (C=O) groups is 2. The number of benzene rings is 1. The van der Waals surface area contributed by atoms with Crippen molar-refractivity contribution in [3.05, 3.63) is 41.5 Å². The molecule has 1 aromatic rings. The van der Waals surface area contributed by atoms with Gasteiger partial charge in [0.05, 0.1) is 0 Å². The zero-order valence-electron chi connectivity index (χ0n) is 16.0. The number of amides is 2. The second-order valence-electron chi connectivity index (χ2n) is 7.88. The van der Waals surface area contributed by atoms with Crippen LogP contribution >= 0.6 is 0 Å². The molecule has 0 saturated carbocycles. The quantitative estimate of drug-likeness (QED) is 0.780. The van der Waals surface area contributed by atoms with Crippen molar-refractivity contribution >= 4 is 17.9 Å². The van der Waals surface area contributed by atoms with E-state index in [4.69, 9.17) is 0 Å². The third-order valence-electron chi connectivity index (χ3n) is 5.59. The summed E-state index contributed by atoms with van der Waals surface area (Å²) in [6, 6.07) is 8.11. The highest BCUT2D eigenvalue weighted by Crippen LogP contribution is 2.23. The Balaban J connectivity index is 1.50. The fraction of sp³-hybridized carbons (Fsp3) is 0.545. The maximum Gasteiger partial charge on any atom is 0.246 e. The minimum Gasteiger partial charge on any atom is -0.342 e.